The van der Waals surface area contributed by atoms with Crippen LogP contribution in [0.3, 0.4) is 0 Å². The van der Waals surface area contributed by atoms with Gasteiger partial charge in [-0.25, -0.2) is 9.48 Å². The summed E-state index contributed by atoms with van der Waals surface area (Å²) in [5.74, 6) is -0.493. The minimum absolute atomic E-state index is 0.0733. The minimum atomic E-state index is -1.01. The lowest BCUT2D eigenvalue weighted by atomic mass is 10.1. The maximum absolute atomic E-state index is 12.3. The molecule has 9 nitrogen and oxygen atoms in total. The van der Waals surface area contributed by atoms with Crippen LogP contribution < -0.4 is 15.4 Å². The second-order valence-electron chi connectivity index (χ2n) is 6.34. The number of hydrogen-bond donors (Lipinski definition) is 2. The lowest BCUT2D eigenvalue weighted by molar-refractivity contribution is -0.123. The monoisotopic (exact) mass is 372 g/mol. The zero-order valence-corrected chi connectivity index (χ0v) is 15.2. The van der Waals surface area contributed by atoms with Gasteiger partial charge in [0.1, 0.15) is 11.6 Å². The molecule has 2 aromatic rings. The Kier molecular flexibility index (Phi) is 5.11. The molecule has 0 radical (unpaired) electrons. The van der Waals surface area contributed by atoms with E-state index in [2.05, 4.69) is 15.7 Å². The molecular weight excluding hydrogens is 352 g/mol. The zero-order chi connectivity index (χ0) is 19.6. The van der Waals surface area contributed by atoms with E-state index in [-0.39, 0.29) is 24.1 Å². The second kappa shape index (κ2) is 7.48. The van der Waals surface area contributed by atoms with E-state index in [4.69, 9.17) is 9.47 Å². The minimum Gasteiger partial charge on any atom is -0.482 e. The van der Waals surface area contributed by atoms with Gasteiger partial charge in [0, 0.05) is 12.1 Å². The Morgan fingerprint density at radius 2 is 2.07 bits per heavy atom. The molecule has 0 unspecified atom stereocenters. The number of aromatic nitrogens is 2. The number of anilines is 2. The Labute approximate surface area is 155 Å². The topological polar surface area (TPSA) is 112 Å². The fourth-order valence-corrected chi connectivity index (χ4v) is 2.54. The predicted molar refractivity (Wildman–Crippen MR) is 96.7 cm³/mol. The third-order valence-corrected chi connectivity index (χ3v) is 3.91. The van der Waals surface area contributed by atoms with E-state index in [9.17, 15) is 14.4 Å². The highest BCUT2D eigenvalue weighted by Crippen LogP contribution is 2.28. The van der Waals surface area contributed by atoms with E-state index < -0.39 is 18.0 Å². The van der Waals surface area contributed by atoms with Gasteiger partial charge in [0.15, 0.2) is 12.7 Å². The quantitative estimate of drug-likeness (QED) is 0.776. The lowest BCUT2D eigenvalue weighted by Gasteiger charge is -2.19. The van der Waals surface area contributed by atoms with Gasteiger partial charge in [-0.15, -0.1) is 0 Å². The van der Waals surface area contributed by atoms with Gasteiger partial charge >= 0.3 is 5.97 Å². The highest BCUT2D eigenvalue weighted by Gasteiger charge is 2.23. The molecule has 1 aliphatic rings. The van der Waals surface area contributed by atoms with Gasteiger partial charge in [0.25, 0.3) is 11.8 Å². The van der Waals surface area contributed by atoms with Crippen LogP contribution in [0.1, 0.15) is 37.2 Å². The summed E-state index contributed by atoms with van der Waals surface area (Å²) in [5.41, 5.74) is 0.701. The lowest BCUT2D eigenvalue weighted by Crippen LogP contribution is -2.31. The van der Waals surface area contributed by atoms with E-state index in [1.807, 2.05) is 13.8 Å². The van der Waals surface area contributed by atoms with Gasteiger partial charge < -0.3 is 20.1 Å². The maximum Gasteiger partial charge on any atom is 0.339 e. The SMILES string of the molecule is CC(C)n1nccc1NC(=O)[C@@H](C)OC(=O)c1ccc2c(c1)OCC(=O)N2. The number of amides is 2. The number of carbonyl (C=O) groups excluding carboxylic acids is 3. The smallest absolute Gasteiger partial charge is 0.339 e. The summed E-state index contributed by atoms with van der Waals surface area (Å²) in [6, 6.07) is 6.25. The molecule has 2 heterocycles. The molecule has 27 heavy (non-hydrogen) atoms. The van der Waals surface area contributed by atoms with Crippen molar-refractivity contribution in [1.29, 1.82) is 0 Å². The van der Waals surface area contributed by atoms with Gasteiger partial charge in [-0.2, -0.15) is 5.10 Å². The molecule has 0 saturated carbocycles. The van der Waals surface area contributed by atoms with E-state index >= 15 is 0 Å². The molecule has 2 N–H and O–H groups in total. The molecule has 1 aliphatic heterocycles. The summed E-state index contributed by atoms with van der Waals surface area (Å²) in [6.45, 7) is 5.24. The molecular formula is C18H20N4O5. The first kappa shape index (κ1) is 18.4. The summed E-state index contributed by atoms with van der Waals surface area (Å²) in [7, 11) is 0. The number of carbonyl (C=O) groups is 3. The van der Waals surface area contributed by atoms with Crippen LogP contribution in [0.25, 0.3) is 0 Å². The summed E-state index contributed by atoms with van der Waals surface area (Å²) >= 11 is 0. The molecule has 0 bridgehead atoms. The van der Waals surface area contributed by atoms with Gasteiger partial charge in [0.2, 0.25) is 0 Å². The second-order valence-corrected chi connectivity index (χ2v) is 6.34. The fourth-order valence-electron chi connectivity index (χ4n) is 2.54. The van der Waals surface area contributed by atoms with Crippen LogP contribution in [-0.2, 0) is 14.3 Å². The number of benzene rings is 1. The average Bonchev–Trinajstić information content (AvgIpc) is 3.09. The number of nitrogens with zero attached hydrogens (tertiary/aromatic N) is 2. The normalized spacial score (nSPS) is 14.0. The number of ether oxygens (including phenoxy) is 2. The molecule has 142 valence electrons. The first-order valence-corrected chi connectivity index (χ1v) is 8.47. The average molecular weight is 372 g/mol. The summed E-state index contributed by atoms with van der Waals surface area (Å²) in [5, 5.41) is 9.46. The molecule has 0 spiro atoms. The van der Waals surface area contributed by atoms with Crippen LogP contribution in [0, 0.1) is 0 Å². The van der Waals surface area contributed by atoms with Crippen LogP contribution in [0.2, 0.25) is 0 Å². The maximum atomic E-state index is 12.3. The first-order chi connectivity index (χ1) is 12.8. The molecule has 1 aromatic heterocycles. The van der Waals surface area contributed by atoms with Crippen molar-refractivity contribution in [1.82, 2.24) is 9.78 Å². The van der Waals surface area contributed by atoms with Gasteiger partial charge in [0.05, 0.1) is 17.4 Å². The van der Waals surface area contributed by atoms with Crippen molar-refractivity contribution in [2.24, 2.45) is 0 Å². The van der Waals surface area contributed by atoms with Crippen LogP contribution in [0.4, 0.5) is 11.5 Å². The molecule has 3 rings (SSSR count). The van der Waals surface area contributed by atoms with E-state index in [1.165, 1.54) is 19.1 Å². The van der Waals surface area contributed by atoms with Gasteiger partial charge in [-0.3, -0.25) is 9.59 Å². The third-order valence-electron chi connectivity index (χ3n) is 3.91. The highest BCUT2D eigenvalue weighted by atomic mass is 16.5. The summed E-state index contributed by atoms with van der Waals surface area (Å²) < 4.78 is 12.2. The molecule has 1 atom stereocenters. The number of nitrogens with one attached hydrogen (secondary N) is 2. The molecule has 0 aliphatic carbocycles. The standard InChI is InChI=1S/C18H20N4O5/c1-10(2)22-15(6-7-19-22)21-17(24)11(3)27-18(25)12-4-5-13-14(8-12)26-9-16(23)20-13/h4-8,10-11H,9H2,1-3H3,(H,20,23)(H,21,24)/t11-/m1/s1. The number of fused-ring (bicyclic) bond motifs is 1. The molecule has 9 heteroatoms. The molecule has 2 amide bonds. The first-order valence-electron chi connectivity index (χ1n) is 8.47. The Balaban J connectivity index is 1.64. The van der Waals surface area contributed by atoms with Gasteiger partial charge in [-0.05, 0) is 39.0 Å². The van der Waals surface area contributed by atoms with E-state index in [0.717, 1.165) is 0 Å². The Bertz CT molecular complexity index is 890. The zero-order valence-electron chi connectivity index (χ0n) is 15.2. The largest absolute Gasteiger partial charge is 0.482 e. The number of hydrogen-bond acceptors (Lipinski definition) is 6. The van der Waals surface area contributed by atoms with Crippen molar-refractivity contribution < 1.29 is 23.9 Å². The Morgan fingerprint density at radius 1 is 1.30 bits per heavy atom. The van der Waals surface area contributed by atoms with Crippen molar-refractivity contribution in [2.75, 3.05) is 17.2 Å². The summed E-state index contributed by atoms with van der Waals surface area (Å²) in [4.78, 5) is 35.9. The summed E-state index contributed by atoms with van der Waals surface area (Å²) in [6.07, 6.45) is 0.572. The van der Waals surface area contributed by atoms with E-state index in [0.29, 0.717) is 17.3 Å². The van der Waals surface area contributed by atoms with Crippen molar-refractivity contribution in [2.45, 2.75) is 32.9 Å². The fraction of sp³-hybridized carbons (Fsp3) is 0.333. The highest BCUT2D eigenvalue weighted by molar-refractivity contribution is 5.99. The number of rotatable bonds is 5. The predicted octanol–water partition coefficient (Wildman–Crippen LogP) is 1.98. The van der Waals surface area contributed by atoms with Crippen molar-refractivity contribution >= 4 is 29.3 Å². The van der Waals surface area contributed by atoms with Crippen LogP contribution in [-0.4, -0.2) is 40.3 Å². The van der Waals surface area contributed by atoms with Crippen molar-refractivity contribution in [3.05, 3.63) is 36.0 Å². The van der Waals surface area contributed by atoms with Crippen molar-refractivity contribution in [3.63, 3.8) is 0 Å². The Hall–Kier alpha value is -3.36. The third kappa shape index (κ3) is 4.08. The Morgan fingerprint density at radius 3 is 2.81 bits per heavy atom. The molecule has 0 saturated heterocycles. The van der Waals surface area contributed by atoms with Crippen molar-refractivity contribution in [3.8, 4) is 5.75 Å². The molecule has 1 aromatic carbocycles. The van der Waals surface area contributed by atoms with E-state index in [1.54, 1.807) is 23.0 Å². The van der Waals surface area contributed by atoms with Crippen LogP contribution in [0.5, 0.6) is 5.75 Å². The van der Waals surface area contributed by atoms with Crippen LogP contribution in [0.15, 0.2) is 30.5 Å². The molecule has 0 fully saturated rings. The van der Waals surface area contributed by atoms with Crippen LogP contribution >= 0.6 is 0 Å². The number of esters is 1. The van der Waals surface area contributed by atoms with Gasteiger partial charge in [-0.1, -0.05) is 0 Å².